The standard InChI is InChI=1S/C21H25NO5/c1-21(2)12-18(17-7-5-6-8-19(17)27-21)22-20(23)13-26-16-10-14(24-3)9-15(11-16)25-4/h5-11,18H,12-13H2,1-4H3,(H,22,23)/t18-/m1/s1. The van der Waals surface area contributed by atoms with Crippen molar-refractivity contribution in [2.45, 2.75) is 31.9 Å². The van der Waals surface area contributed by atoms with Crippen molar-refractivity contribution >= 4 is 5.91 Å². The second kappa shape index (κ2) is 7.78. The fraction of sp³-hybridized carbons (Fsp3) is 0.381. The lowest BCUT2D eigenvalue weighted by Gasteiger charge is -2.37. The van der Waals surface area contributed by atoms with E-state index in [0.29, 0.717) is 23.7 Å². The predicted molar refractivity (Wildman–Crippen MR) is 102 cm³/mol. The van der Waals surface area contributed by atoms with E-state index in [4.69, 9.17) is 18.9 Å². The van der Waals surface area contributed by atoms with Gasteiger partial charge in [-0.05, 0) is 19.9 Å². The van der Waals surface area contributed by atoms with Gasteiger partial charge in [0.1, 0.15) is 28.6 Å². The molecule has 0 spiro atoms. The van der Waals surface area contributed by atoms with Crippen molar-refractivity contribution in [3.05, 3.63) is 48.0 Å². The first-order valence-electron chi connectivity index (χ1n) is 8.83. The largest absolute Gasteiger partial charge is 0.496 e. The van der Waals surface area contributed by atoms with Crippen molar-refractivity contribution in [3.8, 4) is 23.0 Å². The average molecular weight is 371 g/mol. The second-order valence-electron chi connectivity index (χ2n) is 7.06. The first-order valence-corrected chi connectivity index (χ1v) is 8.83. The summed E-state index contributed by atoms with van der Waals surface area (Å²) in [7, 11) is 3.13. The molecule has 0 aromatic heterocycles. The topological polar surface area (TPSA) is 66.0 Å². The number of methoxy groups -OCH3 is 2. The molecule has 1 aliphatic rings. The lowest BCUT2D eigenvalue weighted by Crippen LogP contribution is -2.42. The lowest BCUT2D eigenvalue weighted by molar-refractivity contribution is -0.124. The number of rotatable bonds is 6. The van der Waals surface area contributed by atoms with Gasteiger partial charge in [-0.2, -0.15) is 0 Å². The zero-order valence-electron chi connectivity index (χ0n) is 16.1. The van der Waals surface area contributed by atoms with Crippen molar-refractivity contribution in [3.63, 3.8) is 0 Å². The first-order chi connectivity index (χ1) is 12.9. The number of fused-ring (bicyclic) bond motifs is 1. The Balaban J connectivity index is 1.66. The molecule has 2 aromatic carbocycles. The smallest absolute Gasteiger partial charge is 0.258 e. The Morgan fingerprint density at radius 1 is 1.11 bits per heavy atom. The molecule has 2 aromatic rings. The van der Waals surface area contributed by atoms with Gasteiger partial charge in [-0.15, -0.1) is 0 Å². The number of amides is 1. The maximum Gasteiger partial charge on any atom is 0.258 e. The molecule has 3 rings (SSSR count). The molecule has 1 N–H and O–H groups in total. The molecule has 1 atom stereocenters. The molecule has 0 fully saturated rings. The van der Waals surface area contributed by atoms with Gasteiger partial charge < -0.3 is 24.3 Å². The van der Waals surface area contributed by atoms with Crippen LogP contribution in [-0.2, 0) is 4.79 Å². The molecule has 1 aliphatic heterocycles. The molecule has 144 valence electrons. The van der Waals surface area contributed by atoms with E-state index >= 15 is 0 Å². The van der Waals surface area contributed by atoms with Crippen LogP contribution in [0.2, 0.25) is 0 Å². The maximum atomic E-state index is 12.5. The highest BCUT2D eigenvalue weighted by Crippen LogP contribution is 2.39. The van der Waals surface area contributed by atoms with Crippen LogP contribution in [0.4, 0.5) is 0 Å². The third kappa shape index (κ3) is 4.64. The Morgan fingerprint density at radius 2 is 1.74 bits per heavy atom. The summed E-state index contributed by atoms with van der Waals surface area (Å²) in [5, 5.41) is 3.05. The number of benzene rings is 2. The van der Waals surface area contributed by atoms with E-state index in [1.165, 1.54) is 0 Å². The van der Waals surface area contributed by atoms with Crippen LogP contribution in [-0.4, -0.2) is 32.3 Å². The summed E-state index contributed by atoms with van der Waals surface area (Å²) in [5.74, 6) is 2.32. The molecule has 27 heavy (non-hydrogen) atoms. The fourth-order valence-corrected chi connectivity index (χ4v) is 3.18. The van der Waals surface area contributed by atoms with Crippen molar-refractivity contribution < 1.29 is 23.7 Å². The van der Waals surface area contributed by atoms with Crippen LogP contribution in [0.1, 0.15) is 31.9 Å². The van der Waals surface area contributed by atoms with Crippen LogP contribution in [0.3, 0.4) is 0 Å². The van der Waals surface area contributed by atoms with Gasteiger partial charge in [0.15, 0.2) is 6.61 Å². The Labute approximate surface area is 159 Å². The Bertz CT molecular complexity index is 796. The van der Waals surface area contributed by atoms with E-state index < -0.39 is 0 Å². The second-order valence-corrected chi connectivity index (χ2v) is 7.06. The summed E-state index contributed by atoms with van der Waals surface area (Å²) in [6.07, 6.45) is 0.683. The van der Waals surface area contributed by atoms with Gasteiger partial charge in [0.25, 0.3) is 5.91 Å². The third-order valence-electron chi connectivity index (χ3n) is 4.41. The molecular weight excluding hydrogens is 346 g/mol. The van der Waals surface area contributed by atoms with E-state index in [2.05, 4.69) is 5.32 Å². The van der Waals surface area contributed by atoms with E-state index in [-0.39, 0.29) is 24.2 Å². The normalized spacial score (nSPS) is 17.3. The molecular formula is C21H25NO5. The van der Waals surface area contributed by atoms with Crippen LogP contribution in [0, 0.1) is 0 Å². The summed E-state index contributed by atoms with van der Waals surface area (Å²) in [6, 6.07) is 12.8. The molecule has 0 saturated carbocycles. The molecule has 1 heterocycles. The van der Waals surface area contributed by atoms with Gasteiger partial charge in [0, 0.05) is 30.2 Å². The number of nitrogens with one attached hydrogen (secondary N) is 1. The van der Waals surface area contributed by atoms with Gasteiger partial charge in [-0.1, -0.05) is 18.2 Å². The summed E-state index contributed by atoms with van der Waals surface area (Å²) in [5.41, 5.74) is 0.626. The molecule has 0 aliphatic carbocycles. The molecule has 0 bridgehead atoms. The maximum absolute atomic E-state index is 12.5. The fourth-order valence-electron chi connectivity index (χ4n) is 3.18. The highest BCUT2D eigenvalue weighted by Gasteiger charge is 2.34. The van der Waals surface area contributed by atoms with Gasteiger partial charge in [-0.3, -0.25) is 4.79 Å². The van der Waals surface area contributed by atoms with Crippen molar-refractivity contribution in [2.75, 3.05) is 20.8 Å². The van der Waals surface area contributed by atoms with Crippen LogP contribution in [0.25, 0.3) is 0 Å². The number of carbonyl (C=O) groups excluding carboxylic acids is 1. The van der Waals surface area contributed by atoms with Crippen LogP contribution >= 0.6 is 0 Å². The zero-order chi connectivity index (χ0) is 19.4. The SMILES string of the molecule is COc1cc(OC)cc(OCC(=O)N[C@@H]2CC(C)(C)Oc3ccccc32)c1. The van der Waals surface area contributed by atoms with E-state index in [9.17, 15) is 4.79 Å². The lowest BCUT2D eigenvalue weighted by atomic mass is 9.90. The quantitative estimate of drug-likeness (QED) is 0.842. The Morgan fingerprint density at radius 3 is 2.41 bits per heavy atom. The minimum atomic E-state index is -0.354. The monoisotopic (exact) mass is 371 g/mol. The van der Waals surface area contributed by atoms with E-state index in [1.807, 2.05) is 38.1 Å². The molecule has 0 saturated heterocycles. The average Bonchev–Trinajstić information content (AvgIpc) is 2.65. The minimum absolute atomic E-state index is 0.101. The highest BCUT2D eigenvalue weighted by molar-refractivity contribution is 5.78. The van der Waals surface area contributed by atoms with Crippen LogP contribution in [0.5, 0.6) is 23.0 Å². The van der Waals surface area contributed by atoms with E-state index in [0.717, 1.165) is 11.3 Å². The summed E-state index contributed by atoms with van der Waals surface area (Å²) in [6.45, 7) is 3.93. The van der Waals surface area contributed by atoms with E-state index in [1.54, 1.807) is 32.4 Å². The van der Waals surface area contributed by atoms with Crippen molar-refractivity contribution in [1.82, 2.24) is 5.32 Å². The summed E-state index contributed by atoms with van der Waals surface area (Å²) in [4.78, 5) is 12.5. The molecule has 0 unspecified atom stereocenters. The molecule has 6 nitrogen and oxygen atoms in total. The zero-order valence-corrected chi connectivity index (χ0v) is 16.1. The number of carbonyl (C=O) groups is 1. The number of ether oxygens (including phenoxy) is 4. The predicted octanol–water partition coefficient (Wildman–Crippen LogP) is 3.50. The first kappa shape index (κ1) is 18.9. The number of hydrogen-bond donors (Lipinski definition) is 1. The molecule has 1 amide bonds. The van der Waals surface area contributed by atoms with Gasteiger partial charge in [0.2, 0.25) is 0 Å². The van der Waals surface area contributed by atoms with Crippen LogP contribution in [0.15, 0.2) is 42.5 Å². The van der Waals surface area contributed by atoms with Gasteiger partial charge >= 0.3 is 0 Å². The number of hydrogen-bond acceptors (Lipinski definition) is 5. The molecule has 6 heteroatoms. The number of para-hydroxylation sites is 1. The van der Waals surface area contributed by atoms with Crippen LogP contribution < -0.4 is 24.3 Å². The molecule has 0 radical (unpaired) electrons. The minimum Gasteiger partial charge on any atom is -0.496 e. The van der Waals surface area contributed by atoms with Gasteiger partial charge in [-0.25, -0.2) is 0 Å². The third-order valence-corrected chi connectivity index (χ3v) is 4.41. The Hall–Kier alpha value is -2.89. The summed E-state index contributed by atoms with van der Waals surface area (Å²) < 4.78 is 22.1. The Kier molecular flexibility index (Phi) is 5.44. The summed E-state index contributed by atoms with van der Waals surface area (Å²) >= 11 is 0. The van der Waals surface area contributed by atoms with Crippen molar-refractivity contribution in [2.24, 2.45) is 0 Å². The van der Waals surface area contributed by atoms with Crippen molar-refractivity contribution in [1.29, 1.82) is 0 Å². The highest BCUT2D eigenvalue weighted by atomic mass is 16.5. The van der Waals surface area contributed by atoms with Gasteiger partial charge in [0.05, 0.1) is 20.3 Å².